The normalized spacial score (nSPS) is 10.4. The molecule has 0 spiro atoms. The summed E-state index contributed by atoms with van der Waals surface area (Å²) in [5.41, 5.74) is 0. The van der Waals surface area contributed by atoms with Gasteiger partial charge in [0.1, 0.15) is 0 Å². The van der Waals surface area contributed by atoms with Gasteiger partial charge in [0.25, 0.3) is 0 Å². The lowest BCUT2D eigenvalue weighted by atomic mass is 10.1. The molecule has 0 amide bonds. The Kier molecular flexibility index (Phi) is 24.5. The number of phosphoric acid groups is 1. The summed E-state index contributed by atoms with van der Waals surface area (Å²) < 4.78 is 8.88. The van der Waals surface area contributed by atoms with Gasteiger partial charge in [-0.15, -0.1) is 12.4 Å². The molecule has 0 aromatic carbocycles. The zero-order chi connectivity index (χ0) is 15.0. The molecule has 0 saturated carbocycles. The van der Waals surface area contributed by atoms with Crippen LogP contribution in [-0.2, 0) is 4.57 Å². The first-order valence-electron chi connectivity index (χ1n) is 7.31. The molecule has 0 fully saturated rings. The lowest BCUT2D eigenvalue weighted by molar-refractivity contribution is 0.275. The van der Waals surface area contributed by atoms with Crippen molar-refractivity contribution < 1.29 is 24.4 Å². The van der Waals surface area contributed by atoms with Gasteiger partial charge in [0.05, 0.1) is 0 Å². The fraction of sp³-hybridized carbons (Fsp3) is 1.00. The van der Waals surface area contributed by atoms with Gasteiger partial charge >= 0.3 is 7.82 Å². The summed E-state index contributed by atoms with van der Waals surface area (Å²) in [5, 5.41) is 8.59. The molecule has 0 heterocycles. The second kappa shape index (κ2) is 19.4. The molecule has 0 aliphatic carbocycles. The number of aliphatic hydroxyl groups is 1. The lowest BCUT2D eigenvalue weighted by Gasteiger charge is -2.01. The molecule has 126 valence electrons. The first kappa shape index (κ1) is 25.3. The van der Waals surface area contributed by atoms with Crippen LogP contribution >= 0.6 is 20.2 Å². The molecule has 0 saturated heterocycles. The summed E-state index contributed by atoms with van der Waals surface area (Å²) in [7, 11) is -4.64. The van der Waals surface area contributed by atoms with Crippen LogP contribution in [0.25, 0.3) is 0 Å². The molecule has 0 radical (unpaired) electrons. The Labute approximate surface area is 129 Å². The Morgan fingerprint density at radius 3 is 1.20 bits per heavy atom. The highest BCUT2D eigenvalue weighted by atomic mass is 35.5. The predicted octanol–water partition coefficient (Wildman–Crippen LogP) is 3.78. The van der Waals surface area contributed by atoms with Crippen LogP contribution in [0.5, 0.6) is 0 Å². The topological polar surface area (TPSA) is 98.0 Å². The van der Waals surface area contributed by atoms with Gasteiger partial charge in [0.15, 0.2) is 0 Å². The van der Waals surface area contributed by atoms with Crippen molar-refractivity contribution in [1.29, 1.82) is 0 Å². The molecule has 0 bridgehead atoms. The Morgan fingerprint density at radius 1 is 0.700 bits per heavy atom. The molecule has 20 heavy (non-hydrogen) atoms. The van der Waals surface area contributed by atoms with E-state index in [1.165, 1.54) is 64.2 Å². The minimum atomic E-state index is -4.64. The van der Waals surface area contributed by atoms with Crippen molar-refractivity contribution in [1.82, 2.24) is 0 Å². The maximum Gasteiger partial charge on any atom is 0.466 e. The van der Waals surface area contributed by atoms with Crippen molar-refractivity contribution in [3.8, 4) is 0 Å². The summed E-state index contributed by atoms with van der Waals surface area (Å²) in [5.74, 6) is 0. The van der Waals surface area contributed by atoms with Gasteiger partial charge in [0.2, 0.25) is 0 Å². The highest BCUT2D eigenvalue weighted by Crippen LogP contribution is 2.25. The maximum absolute atomic E-state index is 8.88. The molecule has 0 aliphatic heterocycles. The van der Waals surface area contributed by atoms with Gasteiger partial charge in [-0.1, -0.05) is 71.1 Å². The average molecular weight is 335 g/mol. The van der Waals surface area contributed by atoms with Crippen molar-refractivity contribution in [2.24, 2.45) is 0 Å². The summed E-state index contributed by atoms with van der Waals surface area (Å²) in [6.45, 7) is 2.64. The molecule has 0 aromatic heterocycles. The molecular formula is C13H32ClO5P. The Bertz CT molecular complexity index is 191. The Morgan fingerprint density at radius 2 is 0.950 bits per heavy atom. The van der Waals surface area contributed by atoms with Crippen molar-refractivity contribution in [2.75, 3.05) is 6.61 Å². The van der Waals surface area contributed by atoms with E-state index in [-0.39, 0.29) is 12.4 Å². The SMILES string of the molecule is CCCCCCCCCCCCCO.Cl.O=P(O)(O)O. The van der Waals surface area contributed by atoms with Crippen LogP contribution in [0.2, 0.25) is 0 Å². The van der Waals surface area contributed by atoms with Crippen LogP contribution in [0, 0.1) is 0 Å². The fourth-order valence-corrected chi connectivity index (χ4v) is 1.78. The molecule has 7 heteroatoms. The van der Waals surface area contributed by atoms with Crippen molar-refractivity contribution >= 4 is 20.2 Å². The summed E-state index contributed by atoms with van der Waals surface area (Å²) in [4.78, 5) is 21.6. The summed E-state index contributed by atoms with van der Waals surface area (Å²) >= 11 is 0. The van der Waals surface area contributed by atoms with E-state index in [2.05, 4.69) is 6.92 Å². The minimum Gasteiger partial charge on any atom is -0.396 e. The molecule has 0 atom stereocenters. The lowest BCUT2D eigenvalue weighted by Crippen LogP contribution is -1.84. The van der Waals surface area contributed by atoms with E-state index >= 15 is 0 Å². The molecule has 4 N–H and O–H groups in total. The van der Waals surface area contributed by atoms with E-state index in [0.717, 1.165) is 6.42 Å². The molecular weight excluding hydrogens is 303 g/mol. The number of hydrogen-bond donors (Lipinski definition) is 4. The number of aliphatic hydroxyl groups excluding tert-OH is 1. The monoisotopic (exact) mass is 334 g/mol. The van der Waals surface area contributed by atoms with E-state index in [9.17, 15) is 0 Å². The fourth-order valence-electron chi connectivity index (χ4n) is 1.78. The molecule has 0 rings (SSSR count). The van der Waals surface area contributed by atoms with Crippen LogP contribution in [0.3, 0.4) is 0 Å². The van der Waals surface area contributed by atoms with Crippen molar-refractivity contribution in [3.05, 3.63) is 0 Å². The standard InChI is InChI=1S/C13H28O.ClH.H3O4P/c1-2-3-4-5-6-7-8-9-10-11-12-13-14;;1-5(2,3)4/h14H,2-13H2,1H3;1H;(H3,1,2,3,4). The maximum atomic E-state index is 8.88. The quantitative estimate of drug-likeness (QED) is 0.340. The zero-order valence-electron chi connectivity index (χ0n) is 12.5. The minimum absolute atomic E-state index is 0. The first-order chi connectivity index (χ1) is 8.91. The van der Waals surface area contributed by atoms with Gasteiger partial charge in [-0.2, -0.15) is 0 Å². The second-order valence-corrected chi connectivity index (χ2v) is 5.80. The first-order valence-corrected chi connectivity index (χ1v) is 8.87. The van der Waals surface area contributed by atoms with Crippen molar-refractivity contribution in [3.63, 3.8) is 0 Å². The van der Waals surface area contributed by atoms with Crippen LogP contribution in [0.1, 0.15) is 77.6 Å². The number of halogens is 1. The number of hydrogen-bond acceptors (Lipinski definition) is 2. The van der Waals surface area contributed by atoms with E-state index in [0.29, 0.717) is 6.61 Å². The van der Waals surface area contributed by atoms with Gasteiger partial charge in [-0.05, 0) is 6.42 Å². The number of rotatable bonds is 11. The van der Waals surface area contributed by atoms with E-state index in [1.807, 2.05) is 0 Å². The largest absolute Gasteiger partial charge is 0.466 e. The smallest absolute Gasteiger partial charge is 0.396 e. The molecule has 5 nitrogen and oxygen atoms in total. The van der Waals surface area contributed by atoms with Crippen molar-refractivity contribution in [2.45, 2.75) is 77.6 Å². The molecule has 0 aliphatic rings. The third kappa shape index (κ3) is 42.9. The Balaban J connectivity index is -0.000000414. The van der Waals surface area contributed by atoms with E-state index in [1.54, 1.807) is 0 Å². The van der Waals surface area contributed by atoms with Crippen LogP contribution in [0.15, 0.2) is 0 Å². The average Bonchev–Trinajstić information content (AvgIpc) is 2.29. The zero-order valence-corrected chi connectivity index (χ0v) is 14.2. The predicted molar refractivity (Wildman–Crippen MR) is 85.1 cm³/mol. The highest BCUT2D eigenvalue weighted by Gasteiger charge is 2.00. The highest BCUT2D eigenvalue weighted by molar-refractivity contribution is 7.45. The Hall–Kier alpha value is 0.360. The third-order valence-corrected chi connectivity index (χ3v) is 2.76. The van der Waals surface area contributed by atoms with Crippen LogP contribution in [0.4, 0.5) is 0 Å². The van der Waals surface area contributed by atoms with Gasteiger partial charge in [0, 0.05) is 6.61 Å². The summed E-state index contributed by atoms with van der Waals surface area (Å²) in [6, 6.07) is 0. The molecule has 0 unspecified atom stereocenters. The van der Waals surface area contributed by atoms with Crippen LogP contribution < -0.4 is 0 Å². The van der Waals surface area contributed by atoms with E-state index in [4.69, 9.17) is 24.4 Å². The number of unbranched alkanes of at least 4 members (excludes halogenated alkanes) is 10. The van der Waals surface area contributed by atoms with Crippen LogP contribution in [-0.4, -0.2) is 26.4 Å². The van der Waals surface area contributed by atoms with E-state index < -0.39 is 7.82 Å². The summed E-state index contributed by atoms with van der Waals surface area (Å²) in [6.07, 6.45) is 14.8. The second-order valence-electron chi connectivity index (χ2n) is 4.77. The third-order valence-electron chi connectivity index (χ3n) is 2.76. The van der Waals surface area contributed by atoms with Gasteiger partial charge < -0.3 is 19.8 Å². The molecule has 0 aromatic rings. The van der Waals surface area contributed by atoms with Gasteiger partial charge in [-0.25, -0.2) is 4.57 Å². The van der Waals surface area contributed by atoms with Gasteiger partial charge in [-0.3, -0.25) is 0 Å².